The maximum Gasteiger partial charge on any atom is 0.339 e. The summed E-state index contributed by atoms with van der Waals surface area (Å²) in [5.74, 6) is 0.267. The van der Waals surface area contributed by atoms with E-state index in [-0.39, 0.29) is 23.1 Å². The van der Waals surface area contributed by atoms with Crippen molar-refractivity contribution in [3.8, 4) is 17.2 Å². The van der Waals surface area contributed by atoms with Gasteiger partial charge in [-0.25, -0.2) is 4.39 Å². The van der Waals surface area contributed by atoms with Crippen LogP contribution in [0, 0.1) is 5.82 Å². The van der Waals surface area contributed by atoms with Crippen LogP contribution in [-0.4, -0.2) is 53.7 Å². The molecule has 0 bridgehead atoms. The first-order valence-electron chi connectivity index (χ1n) is 10.6. The molecule has 0 atom stereocenters. The van der Waals surface area contributed by atoms with Crippen molar-refractivity contribution in [2.75, 3.05) is 34.5 Å². The van der Waals surface area contributed by atoms with Gasteiger partial charge >= 0.3 is 10.1 Å². The molecule has 3 rings (SSSR count). The molecule has 0 radical (unpaired) electrons. The molecule has 35 heavy (non-hydrogen) atoms. The number of hydrogen-bond acceptors (Lipinski definition) is 7. The second-order valence-corrected chi connectivity index (χ2v) is 9.00. The Kier molecular flexibility index (Phi) is 8.67. The summed E-state index contributed by atoms with van der Waals surface area (Å²) in [4.78, 5) is 14.7. The van der Waals surface area contributed by atoms with Gasteiger partial charge in [-0.15, -0.1) is 0 Å². The summed E-state index contributed by atoms with van der Waals surface area (Å²) >= 11 is 0. The fourth-order valence-electron chi connectivity index (χ4n) is 3.21. The first-order chi connectivity index (χ1) is 16.7. The average Bonchev–Trinajstić information content (AvgIpc) is 2.86. The number of methoxy groups -OCH3 is 3. The molecule has 0 saturated carbocycles. The van der Waals surface area contributed by atoms with Gasteiger partial charge in [0.15, 0.2) is 0 Å². The Hall–Kier alpha value is -3.63. The van der Waals surface area contributed by atoms with E-state index in [1.54, 1.807) is 42.3 Å². The van der Waals surface area contributed by atoms with Gasteiger partial charge in [0, 0.05) is 31.8 Å². The van der Waals surface area contributed by atoms with Gasteiger partial charge in [0.1, 0.15) is 28.0 Å². The monoisotopic (exact) mass is 503 g/mol. The molecular weight excluding hydrogens is 477 g/mol. The molecule has 0 aromatic heterocycles. The van der Waals surface area contributed by atoms with Crippen LogP contribution in [0.5, 0.6) is 17.2 Å². The lowest BCUT2D eigenvalue weighted by atomic mass is 10.1. The number of rotatable bonds is 11. The lowest BCUT2D eigenvalue weighted by molar-refractivity contribution is 0.0679. The topological polar surface area (TPSA) is 91.4 Å². The van der Waals surface area contributed by atoms with E-state index in [4.69, 9.17) is 18.4 Å². The van der Waals surface area contributed by atoms with Gasteiger partial charge < -0.3 is 23.3 Å². The number of carbonyl (C=O) groups is 1. The molecule has 0 aliphatic carbocycles. The molecule has 0 spiro atoms. The summed E-state index contributed by atoms with van der Waals surface area (Å²) in [6, 6.07) is 15.6. The second kappa shape index (κ2) is 11.7. The number of nitrogens with zero attached hydrogens (tertiary/aromatic N) is 1. The van der Waals surface area contributed by atoms with Gasteiger partial charge in [0.25, 0.3) is 5.91 Å². The highest BCUT2D eigenvalue weighted by Gasteiger charge is 2.19. The van der Waals surface area contributed by atoms with E-state index in [0.29, 0.717) is 30.2 Å². The van der Waals surface area contributed by atoms with E-state index in [1.807, 2.05) is 0 Å². The molecule has 0 saturated heterocycles. The van der Waals surface area contributed by atoms with Crippen LogP contribution in [0.4, 0.5) is 4.39 Å². The third kappa shape index (κ3) is 6.93. The zero-order valence-corrected chi connectivity index (χ0v) is 20.4. The average molecular weight is 504 g/mol. The predicted molar refractivity (Wildman–Crippen MR) is 127 cm³/mol. The molecule has 0 aliphatic rings. The van der Waals surface area contributed by atoms with Crippen molar-refractivity contribution in [1.82, 2.24) is 4.90 Å². The van der Waals surface area contributed by atoms with E-state index >= 15 is 0 Å². The van der Waals surface area contributed by atoms with Crippen molar-refractivity contribution in [1.29, 1.82) is 0 Å². The number of ether oxygens (including phenoxy) is 3. The van der Waals surface area contributed by atoms with Gasteiger partial charge in [-0.3, -0.25) is 4.79 Å². The molecule has 8 nitrogen and oxygen atoms in total. The Morgan fingerprint density at radius 3 is 2.00 bits per heavy atom. The molecule has 0 heterocycles. The summed E-state index contributed by atoms with van der Waals surface area (Å²) in [6.45, 7) is 0.892. The molecule has 0 aliphatic heterocycles. The fraction of sp³-hybridized carbons (Fsp3) is 0.240. The summed E-state index contributed by atoms with van der Waals surface area (Å²) in [7, 11) is 0.446. The highest BCUT2D eigenvalue weighted by Crippen LogP contribution is 2.25. The van der Waals surface area contributed by atoms with Crippen LogP contribution in [-0.2, 0) is 21.4 Å². The molecule has 3 aromatic carbocycles. The largest absolute Gasteiger partial charge is 0.497 e. The fourth-order valence-corrected chi connectivity index (χ4v) is 4.14. The third-order valence-corrected chi connectivity index (χ3v) is 6.32. The maximum absolute atomic E-state index is 13.3. The van der Waals surface area contributed by atoms with Crippen LogP contribution in [0.1, 0.15) is 15.9 Å². The molecule has 186 valence electrons. The third-order valence-electron chi connectivity index (χ3n) is 5.06. The minimum absolute atomic E-state index is 0.0883. The summed E-state index contributed by atoms with van der Waals surface area (Å²) in [6.07, 6.45) is 0. The van der Waals surface area contributed by atoms with E-state index in [2.05, 4.69) is 0 Å². The Morgan fingerprint density at radius 2 is 1.46 bits per heavy atom. The lowest BCUT2D eigenvalue weighted by Gasteiger charge is -2.23. The smallest absolute Gasteiger partial charge is 0.339 e. The van der Waals surface area contributed by atoms with Crippen molar-refractivity contribution in [3.63, 3.8) is 0 Å². The standard InChI is InChI=1S/C25H26FNO7S/c1-31-13-12-27(25(28)19-14-22(32-2)16-23(15-19)33-3)17-18-4-8-21(9-5-18)34-35(29,30)24-10-6-20(26)7-11-24/h4-11,14-16H,12-13,17H2,1-3H3. The van der Waals surface area contributed by atoms with Crippen molar-refractivity contribution in [2.45, 2.75) is 11.4 Å². The van der Waals surface area contributed by atoms with E-state index in [1.165, 1.54) is 26.4 Å². The minimum atomic E-state index is -4.11. The Balaban J connectivity index is 1.77. The van der Waals surface area contributed by atoms with E-state index < -0.39 is 15.9 Å². The highest BCUT2D eigenvalue weighted by molar-refractivity contribution is 7.87. The summed E-state index contributed by atoms with van der Waals surface area (Å²) in [5, 5.41) is 0. The summed E-state index contributed by atoms with van der Waals surface area (Å²) in [5.41, 5.74) is 1.14. The number of amides is 1. The quantitative estimate of drug-likeness (QED) is 0.367. The number of benzene rings is 3. The van der Waals surface area contributed by atoms with Gasteiger partial charge in [-0.05, 0) is 54.1 Å². The lowest BCUT2D eigenvalue weighted by Crippen LogP contribution is -2.33. The Bertz CT molecular complexity index is 1220. The van der Waals surface area contributed by atoms with Crippen LogP contribution in [0.15, 0.2) is 71.6 Å². The van der Waals surface area contributed by atoms with Gasteiger partial charge in [0.05, 0.1) is 20.8 Å². The zero-order valence-electron chi connectivity index (χ0n) is 19.6. The number of hydrogen-bond donors (Lipinski definition) is 0. The minimum Gasteiger partial charge on any atom is -0.497 e. The molecule has 0 N–H and O–H groups in total. The molecule has 1 amide bonds. The number of halogens is 1. The van der Waals surface area contributed by atoms with Gasteiger partial charge in [-0.1, -0.05) is 12.1 Å². The van der Waals surface area contributed by atoms with Crippen LogP contribution in [0.25, 0.3) is 0 Å². The molecule has 0 unspecified atom stereocenters. The van der Waals surface area contributed by atoms with Crippen LogP contribution < -0.4 is 13.7 Å². The normalized spacial score (nSPS) is 11.1. The molecule has 0 fully saturated rings. The first kappa shape index (κ1) is 26.0. The second-order valence-electron chi connectivity index (χ2n) is 7.46. The van der Waals surface area contributed by atoms with Crippen molar-refractivity contribution in [3.05, 3.63) is 83.7 Å². The number of carbonyl (C=O) groups excluding carboxylic acids is 1. The van der Waals surface area contributed by atoms with Crippen LogP contribution >= 0.6 is 0 Å². The van der Waals surface area contributed by atoms with Crippen molar-refractivity contribution < 1.29 is 36.0 Å². The molecule has 10 heteroatoms. The first-order valence-corrected chi connectivity index (χ1v) is 12.0. The van der Waals surface area contributed by atoms with Crippen LogP contribution in [0.3, 0.4) is 0 Å². The highest BCUT2D eigenvalue weighted by atomic mass is 32.2. The molecule has 3 aromatic rings. The van der Waals surface area contributed by atoms with Gasteiger partial charge in [-0.2, -0.15) is 8.42 Å². The predicted octanol–water partition coefficient (Wildman–Crippen LogP) is 3.90. The summed E-state index contributed by atoms with van der Waals surface area (Å²) < 4.78 is 58.7. The van der Waals surface area contributed by atoms with Gasteiger partial charge in [0.2, 0.25) is 0 Å². The van der Waals surface area contributed by atoms with Crippen molar-refractivity contribution in [2.24, 2.45) is 0 Å². The Labute approximate surface area is 203 Å². The Morgan fingerprint density at radius 1 is 0.857 bits per heavy atom. The van der Waals surface area contributed by atoms with E-state index in [0.717, 1.165) is 29.8 Å². The van der Waals surface area contributed by atoms with Crippen molar-refractivity contribution >= 4 is 16.0 Å². The SMILES string of the molecule is COCCN(Cc1ccc(OS(=O)(=O)c2ccc(F)cc2)cc1)C(=O)c1cc(OC)cc(OC)c1. The maximum atomic E-state index is 13.3. The molecular formula is C25H26FNO7S. The van der Waals surface area contributed by atoms with Crippen LogP contribution in [0.2, 0.25) is 0 Å². The van der Waals surface area contributed by atoms with E-state index in [9.17, 15) is 17.6 Å². The zero-order chi connectivity index (χ0) is 25.4.